The number of halogens is 3. The molecule has 0 N–H and O–H groups in total. The fraction of sp³-hybridized carbons (Fsp3) is 0.235. The minimum Gasteiger partial charge on any atom is -0.368 e. The summed E-state index contributed by atoms with van der Waals surface area (Å²) in [5, 5.41) is 7.38. The number of hydrogen-bond donors (Lipinski definition) is 0. The number of anilines is 1. The molecule has 1 fully saturated rings. The summed E-state index contributed by atoms with van der Waals surface area (Å²) in [5.41, 5.74) is 1.48. The monoisotopic (exact) mass is 351 g/mol. The van der Waals surface area contributed by atoms with E-state index < -0.39 is 0 Å². The molecule has 2 aromatic rings. The molecule has 0 aliphatic carbocycles. The number of piperazine rings is 1. The van der Waals surface area contributed by atoms with Crippen LogP contribution in [0.15, 0.2) is 47.6 Å². The zero-order valence-corrected chi connectivity index (χ0v) is 13.9. The van der Waals surface area contributed by atoms with Crippen molar-refractivity contribution in [2.45, 2.75) is 0 Å². The Morgan fingerprint density at radius 2 is 1.65 bits per heavy atom. The van der Waals surface area contributed by atoms with Gasteiger partial charge in [-0.25, -0.2) is 4.39 Å². The summed E-state index contributed by atoms with van der Waals surface area (Å²) in [7, 11) is 0. The van der Waals surface area contributed by atoms with Gasteiger partial charge in [-0.15, -0.1) is 0 Å². The van der Waals surface area contributed by atoms with Gasteiger partial charge in [-0.05, 0) is 36.4 Å². The summed E-state index contributed by atoms with van der Waals surface area (Å²) in [6, 6.07) is 12.4. The van der Waals surface area contributed by atoms with Gasteiger partial charge in [0.15, 0.2) is 0 Å². The van der Waals surface area contributed by atoms with Gasteiger partial charge >= 0.3 is 0 Å². The SMILES string of the molecule is Fc1cccc(Cl)c1/C=N\N1CCN(c2ccc(Cl)cc2)CC1. The lowest BCUT2D eigenvalue weighted by Gasteiger charge is -2.34. The van der Waals surface area contributed by atoms with Crippen molar-refractivity contribution < 1.29 is 4.39 Å². The molecule has 0 saturated carbocycles. The Labute approximate surface area is 144 Å². The third kappa shape index (κ3) is 3.95. The van der Waals surface area contributed by atoms with Gasteiger partial charge in [0.1, 0.15) is 5.82 Å². The topological polar surface area (TPSA) is 18.8 Å². The highest BCUT2D eigenvalue weighted by atomic mass is 35.5. The maximum atomic E-state index is 13.7. The summed E-state index contributed by atoms with van der Waals surface area (Å²) in [4.78, 5) is 2.28. The van der Waals surface area contributed by atoms with E-state index in [9.17, 15) is 4.39 Å². The molecule has 1 heterocycles. The maximum absolute atomic E-state index is 13.7. The number of rotatable bonds is 3. The smallest absolute Gasteiger partial charge is 0.133 e. The number of hydrazone groups is 1. The van der Waals surface area contributed by atoms with Crippen LogP contribution in [-0.2, 0) is 0 Å². The maximum Gasteiger partial charge on any atom is 0.133 e. The second-order valence-corrected chi connectivity index (χ2v) is 6.14. The lowest BCUT2D eigenvalue weighted by atomic mass is 10.2. The van der Waals surface area contributed by atoms with Crippen LogP contribution >= 0.6 is 23.2 Å². The van der Waals surface area contributed by atoms with Crippen molar-refractivity contribution in [2.24, 2.45) is 5.10 Å². The van der Waals surface area contributed by atoms with Gasteiger partial charge in [-0.2, -0.15) is 5.10 Å². The highest BCUT2D eigenvalue weighted by Crippen LogP contribution is 2.20. The van der Waals surface area contributed by atoms with Gasteiger partial charge in [0.05, 0.1) is 24.3 Å². The minimum absolute atomic E-state index is 0.328. The summed E-state index contributed by atoms with van der Waals surface area (Å²) in [6.45, 7) is 3.24. The Bertz CT molecular complexity index is 675. The van der Waals surface area contributed by atoms with Crippen LogP contribution in [0.25, 0.3) is 0 Å². The Morgan fingerprint density at radius 3 is 2.30 bits per heavy atom. The van der Waals surface area contributed by atoms with Crippen LogP contribution < -0.4 is 4.90 Å². The van der Waals surface area contributed by atoms with Gasteiger partial charge < -0.3 is 4.90 Å². The van der Waals surface area contributed by atoms with Gasteiger partial charge in [0, 0.05) is 29.4 Å². The van der Waals surface area contributed by atoms with Gasteiger partial charge in [-0.1, -0.05) is 29.3 Å². The van der Waals surface area contributed by atoms with Crippen molar-refractivity contribution >= 4 is 35.1 Å². The molecule has 1 aliphatic heterocycles. The van der Waals surface area contributed by atoms with Crippen molar-refractivity contribution in [3.63, 3.8) is 0 Å². The number of nitrogens with zero attached hydrogens (tertiary/aromatic N) is 3. The van der Waals surface area contributed by atoms with E-state index in [0.29, 0.717) is 10.6 Å². The molecule has 0 amide bonds. The Hall–Kier alpha value is -1.78. The third-order valence-corrected chi connectivity index (χ3v) is 4.38. The van der Waals surface area contributed by atoms with Crippen molar-refractivity contribution in [1.82, 2.24) is 5.01 Å². The van der Waals surface area contributed by atoms with Crippen LogP contribution in [0.1, 0.15) is 5.56 Å². The molecule has 0 atom stereocenters. The largest absolute Gasteiger partial charge is 0.368 e. The Morgan fingerprint density at radius 1 is 0.957 bits per heavy atom. The molecule has 3 rings (SSSR count). The fourth-order valence-corrected chi connectivity index (χ4v) is 2.83. The summed E-state index contributed by atoms with van der Waals surface area (Å²) in [5.74, 6) is -0.360. The normalized spacial score (nSPS) is 15.4. The highest BCUT2D eigenvalue weighted by Gasteiger charge is 2.16. The van der Waals surface area contributed by atoms with Crippen LogP contribution in [0.4, 0.5) is 10.1 Å². The molecule has 1 aliphatic rings. The zero-order valence-electron chi connectivity index (χ0n) is 12.4. The first kappa shape index (κ1) is 16.1. The molecule has 0 aromatic heterocycles. The molecule has 1 saturated heterocycles. The van der Waals surface area contributed by atoms with E-state index in [1.807, 2.05) is 29.3 Å². The average Bonchev–Trinajstić information content (AvgIpc) is 2.56. The Kier molecular flexibility index (Phi) is 5.03. The molecule has 0 bridgehead atoms. The Balaban J connectivity index is 1.61. The first-order chi connectivity index (χ1) is 11.1. The number of hydrogen-bond acceptors (Lipinski definition) is 3. The minimum atomic E-state index is -0.360. The standard InChI is InChI=1S/C17H16Cl2FN3/c18-13-4-6-14(7-5-13)22-8-10-23(11-9-22)21-12-15-16(19)2-1-3-17(15)20/h1-7,12H,8-11H2/b21-12-. The van der Waals surface area contributed by atoms with Crippen molar-refractivity contribution in [3.8, 4) is 0 Å². The van der Waals surface area contributed by atoms with Crippen LogP contribution in [0.5, 0.6) is 0 Å². The summed E-state index contributed by atoms with van der Waals surface area (Å²) >= 11 is 11.9. The average molecular weight is 352 g/mol. The molecule has 0 unspecified atom stereocenters. The first-order valence-electron chi connectivity index (χ1n) is 7.37. The van der Waals surface area contributed by atoms with Gasteiger partial charge in [0.2, 0.25) is 0 Å². The van der Waals surface area contributed by atoms with Crippen molar-refractivity contribution in [2.75, 3.05) is 31.1 Å². The van der Waals surface area contributed by atoms with Gasteiger partial charge in [-0.3, -0.25) is 5.01 Å². The molecule has 120 valence electrons. The van der Waals surface area contributed by atoms with Crippen LogP contribution in [0.3, 0.4) is 0 Å². The third-order valence-electron chi connectivity index (χ3n) is 3.80. The second-order valence-electron chi connectivity index (χ2n) is 5.30. The second kappa shape index (κ2) is 7.20. The van der Waals surface area contributed by atoms with E-state index in [2.05, 4.69) is 10.0 Å². The lowest BCUT2D eigenvalue weighted by molar-refractivity contribution is 0.272. The molecular weight excluding hydrogens is 336 g/mol. The molecule has 0 radical (unpaired) electrons. The molecule has 23 heavy (non-hydrogen) atoms. The molecule has 0 spiro atoms. The molecule has 3 nitrogen and oxygen atoms in total. The highest BCUT2D eigenvalue weighted by molar-refractivity contribution is 6.33. The summed E-state index contributed by atoms with van der Waals surface area (Å²) < 4.78 is 13.7. The van der Waals surface area contributed by atoms with E-state index in [-0.39, 0.29) is 5.82 Å². The predicted molar refractivity (Wildman–Crippen MR) is 94.2 cm³/mol. The first-order valence-corrected chi connectivity index (χ1v) is 8.12. The zero-order chi connectivity index (χ0) is 16.2. The van der Waals surface area contributed by atoms with Crippen molar-refractivity contribution in [1.29, 1.82) is 0 Å². The van der Waals surface area contributed by atoms with Crippen LogP contribution in [0, 0.1) is 5.82 Å². The van der Waals surface area contributed by atoms with E-state index in [1.165, 1.54) is 12.3 Å². The van der Waals surface area contributed by atoms with E-state index in [1.54, 1.807) is 12.1 Å². The molecular formula is C17H16Cl2FN3. The summed E-state index contributed by atoms with van der Waals surface area (Å²) in [6.07, 6.45) is 1.50. The molecule has 6 heteroatoms. The van der Waals surface area contributed by atoms with Crippen LogP contribution in [-0.4, -0.2) is 37.4 Å². The van der Waals surface area contributed by atoms with Crippen LogP contribution in [0.2, 0.25) is 10.0 Å². The predicted octanol–water partition coefficient (Wildman–Crippen LogP) is 4.29. The van der Waals surface area contributed by atoms with E-state index in [4.69, 9.17) is 23.2 Å². The lowest BCUT2D eigenvalue weighted by Crippen LogP contribution is -2.44. The molecule has 2 aromatic carbocycles. The van der Waals surface area contributed by atoms with Gasteiger partial charge in [0.25, 0.3) is 0 Å². The quantitative estimate of drug-likeness (QED) is 0.768. The van der Waals surface area contributed by atoms with E-state index in [0.717, 1.165) is 36.9 Å². The number of benzene rings is 2. The van der Waals surface area contributed by atoms with E-state index >= 15 is 0 Å². The fourth-order valence-electron chi connectivity index (χ4n) is 2.49. The van der Waals surface area contributed by atoms with Crippen molar-refractivity contribution in [3.05, 3.63) is 63.9 Å².